The van der Waals surface area contributed by atoms with E-state index in [-0.39, 0.29) is 23.9 Å². The first-order chi connectivity index (χ1) is 15.9. The number of nitrogens with zero attached hydrogens (tertiary/aromatic N) is 3. The molecule has 33 heavy (non-hydrogen) atoms. The molecule has 0 unspecified atom stereocenters. The molecule has 172 valence electrons. The van der Waals surface area contributed by atoms with Gasteiger partial charge in [-0.1, -0.05) is 36.4 Å². The highest BCUT2D eigenvalue weighted by Gasteiger charge is 2.21. The lowest BCUT2D eigenvalue weighted by atomic mass is 10.1. The number of ether oxygens (including phenoxy) is 1. The lowest BCUT2D eigenvalue weighted by molar-refractivity contribution is 0.0342. The molecule has 4 rings (SSSR count). The quantitative estimate of drug-likeness (QED) is 0.594. The molecule has 0 bridgehead atoms. The number of nitrogens with one attached hydrogen (secondary N) is 1. The number of halogens is 1. The van der Waals surface area contributed by atoms with E-state index in [2.05, 4.69) is 15.2 Å². The van der Waals surface area contributed by atoms with Crippen LogP contribution in [0.1, 0.15) is 21.6 Å². The molecule has 2 aromatic carbocycles. The van der Waals surface area contributed by atoms with Crippen LogP contribution >= 0.6 is 0 Å². The highest BCUT2D eigenvalue weighted by atomic mass is 19.1. The molecule has 2 heterocycles. The van der Waals surface area contributed by atoms with Crippen molar-refractivity contribution in [3.8, 4) is 17.1 Å². The summed E-state index contributed by atoms with van der Waals surface area (Å²) in [7, 11) is 1.49. The Kier molecular flexibility index (Phi) is 6.81. The number of carbonyl (C=O) groups excluding carboxylic acids is 1. The van der Waals surface area contributed by atoms with Crippen molar-refractivity contribution in [1.82, 2.24) is 19.8 Å². The Hall–Kier alpha value is -3.56. The molecule has 1 saturated heterocycles. The highest BCUT2D eigenvalue weighted by Crippen LogP contribution is 2.20. The van der Waals surface area contributed by atoms with Gasteiger partial charge in [-0.2, -0.15) is 0 Å². The third kappa shape index (κ3) is 5.27. The number of aromatic hydroxyl groups is 1. The zero-order valence-corrected chi connectivity index (χ0v) is 18.3. The fraction of sp³-hybridized carbons (Fsp3) is 0.292. The summed E-state index contributed by atoms with van der Waals surface area (Å²) in [5.74, 6) is -1.53. The van der Waals surface area contributed by atoms with Gasteiger partial charge >= 0.3 is 0 Å². The molecule has 0 aliphatic carbocycles. The third-order valence-corrected chi connectivity index (χ3v) is 5.57. The van der Waals surface area contributed by atoms with E-state index in [1.807, 2.05) is 24.3 Å². The molecule has 3 aromatic rings. The summed E-state index contributed by atoms with van der Waals surface area (Å²) in [4.78, 5) is 31.8. The molecule has 2 N–H and O–H groups in total. The van der Waals surface area contributed by atoms with Crippen molar-refractivity contribution in [2.75, 3.05) is 26.3 Å². The standard InChI is InChI=1S/C24H25FN4O4/c1-28-22(18-6-2-17(3-7-18)15-29-10-12-33-13-11-29)27-20(21(30)24(28)32)23(31)26-14-16-4-8-19(25)9-5-16/h2-9,30H,10-15H2,1H3,(H,26,31). The van der Waals surface area contributed by atoms with Crippen LogP contribution in [0, 0.1) is 5.82 Å². The van der Waals surface area contributed by atoms with E-state index >= 15 is 0 Å². The minimum Gasteiger partial charge on any atom is -0.501 e. The Morgan fingerprint density at radius 3 is 2.39 bits per heavy atom. The zero-order chi connectivity index (χ0) is 23.4. The second-order valence-electron chi connectivity index (χ2n) is 7.89. The van der Waals surface area contributed by atoms with Gasteiger partial charge in [-0.05, 0) is 23.3 Å². The smallest absolute Gasteiger partial charge is 0.296 e. The van der Waals surface area contributed by atoms with Crippen LogP contribution in [0.4, 0.5) is 4.39 Å². The van der Waals surface area contributed by atoms with Crippen LogP contribution in [-0.4, -0.2) is 51.8 Å². The van der Waals surface area contributed by atoms with Gasteiger partial charge in [-0.3, -0.25) is 19.1 Å². The normalized spacial score (nSPS) is 14.2. The van der Waals surface area contributed by atoms with Gasteiger partial charge in [0.2, 0.25) is 5.75 Å². The van der Waals surface area contributed by atoms with Crippen molar-refractivity contribution >= 4 is 5.91 Å². The maximum Gasteiger partial charge on any atom is 0.296 e. The number of morpholine rings is 1. The van der Waals surface area contributed by atoms with Gasteiger partial charge in [-0.15, -0.1) is 0 Å². The SMILES string of the molecule is Cn1c(-c2ccc(CN3CCOCC3)cc2)nc(C(=O)NCc2ccc(F)cc2)c(O)c1=O. The van der Waals surface area contributed by atoms with Crippen LogP contribution in [0.2, 0.25) is 0 Å². The van der Waals surface area contributed by atoms with E-state index in [9.17, 15) is 19.1 Å². The largest absolute Gasteiger partial charge is 0.501 e. The monoisotopic (exact) mass is 452 g/mol. The number of aromatic nitrogens is 2. The summed E-state index contributed by atoms with van der Waals surface area (Å²) in [6.45, 7) is 4.11. The molecule has 0 atom stereocenters. The lowest BCUT2D eigenvalue weighted by Gasteiger charge is -2.26. The van der Waals surface area contributed by atoms with Crippen molar-refractivity contribution in [1.29, 1.82) is 0 Å². The fourth-order valence-electron chi connectivity index (χ4n) is 3.65. The van der Waals surface area contributed by atoms with E-state index in [1.54, 1.807) is 0 Å². The number of carbonyl (C=O) groups is 1. The van der Waals surface area contributed by atoms with Crippen molar-refractivity contribution < 1.29 is 19.0 Å². The first-order valence-electron chi connectivity index (χ1n) is 10.6. The molecule has 1 aliphatic heterocycles. The summed E-state index contributed by atoms with van der Waals surface area (Å²) in [5.41, 5.74) is 1.36. The summed E-state index contributed by atoms with van der Waals surface area (Å²) >= 11 is 0. The molecular formula is C24H25FN4O4. The zero-order valence-electron chi connectivity index (χ0n) is 18.3. The van der Waals surface area contributed by atoms with Crippen LogP contribution in [0.15, 0.2) is 53.3 Å². The van der Waals surface area contributed by atoms with Crippen molar-refractivity contribution in [2.24, 2.45) is 7.05 Å². The van der Waals surface area contributed by atoms with Gasteiger partial charge in [0, 0.05) is 38.8 Å². The summed E-state index contributed by atoms with van der Waals surface area (Å²) in [6, 6.07) is 13.3. The van der Waals surface area contributed by atoms with Gasteiger partial charge < -0.3 is 15.2 Å². The summed E-state index contributed by atoms with van der Waals surface area (Å²) in [6.07, 6.45) is 0. The topological polar surface area (TPSA) is 96.7 Å². The molecule has 1 fully saturated rings. The average molecular weight is 452 g/mol. The Balaban J connectivity index is 1.54. The number of hydrogen-bond donors (Lipinski definition) is 2. The third-order valence-electron chi connectivity index (χ3n) is 5.57. The predicted molar refractivity (Wildman–Crippen MR) is 120 cm³/mol. The fourth-order valence-corrected chi connectivity index (χ4v) is 3.65. The lowest BCUT2D eigenvalue weighted by Crippen LogP contribution is -2.35. The van der Waals surface area contributed by atoms with Crippen molar-refractivity contribution in [2.45, 2.75) is 13.1 Å². The molecule has 1 aromatic heterocycles. The maximum absolute atomic E-state index is 13.1. The molecule has 9 heteroatoms. The van der Waals surface area contributed by atoms with Crippen LogP contribution in [0.5, 0.6) is 5.75 Å². The predicted octanol–water partition coefficient (Wildman–Crippen LogP) is 2.05. The number of hydrogen-bond acceptors (Lipinski definition) is 6. The molecular weight excluding hydrogens is 427 g/mol. The van der Waals surface area contributed by atoms with Crippen LogP contribution in [-0.2, 0) is 24.9 Å². The van der Waals surface area contributed by atoms with Crippen LogP contribution in [0.25, 0.3) is 11.4 Å². The van der Waals surface area contributed by atoms with Crippen LogP contribution in [0.3, 0.4) is 0 Å². The second kappa shape index (κ2) is 9.93. The average Bonchev–Trinajstić information content (AvgIpc) is 2.83. The van der Waals surface area contributed by atoms with E-state index in [0.717, 1.165) is 38.4 Å². The van der Waals surface area contributed by atoms with E-state index in [1.165, 1.54) is 35.9 Å². The summed E-state index contributed by atoms with van der Waals surface area (Å²) in [5, 5.41) is 12.9. The highest BCUT2D eigenvalue weighted by molar-refractivity contribution is 5.95. The number of rotatable bonds is 6. The number of amides is 1. The first kappa shape index (κ1) is 22.6. The van der Waals surface area contributed by atoms with Gasteiger partial charge in [-0.25, -0.2) is 9.37 Å². The Morgan fingerprint density at radius 1 is 1.09 bits per heavy atom. The maximum atomic E-state index is 13.1. The first-order valence-corrected chi connectivity index (χ1v) is 10.6. The molecule has 1 amide bonds. The molecule has 0 radical (unpaired) electrons. The Labute approximate surface area is 190 Å². The van der Waals surface area contributed by atoms with E-state index in [4.69, 9.17) is 4.74 Å². The molecule has 1 aliphatic rings. The Morgan fingerprint density at radius 2 is 1.73 bits per heavy atom. The second-order valence-corrected chi connectivity index (χ2v) is 7.89. The van der Waals surface area contributed by atoms with E-state index in [0.29, 0.717) is 11.1 Å². The van der Waals surface area contributed by atoms with Crippen LogP contribution < -0.4 is 10.9 Å². The van der Waals surface area contributed by atoms with Gasteiger partial charge in [0.05, 0.1) is 13.2 Å². The van der Waals surface area contributed by atoms with E-state index < -0.39 is 17.2 Å². The minimum absolute atomic E-state index is 0.0982. The van der Waals surface area contributed by atoms with Crippen molar-refractivity contribution in [3.63, 3.8) is 0 Å². The van der Waals surface area contributed by atoms with Gasteiger partial charge in [0.15, 0.2) is 5.69 Å². The van der Waals surface area contributed by atoms with Gasteiger partial charge in [0.25, 0.3) is 11.5 Å². The number of benzene rings is 2. The minimum atomic E-state index is -0.721. The molecule has 0 saturated carbocycles. The Bertz CT molecular complexity index is 1190. The molecule has 8 nitrogen and oxygen atoms in total. The van der Waals surface area contributed by atoms with Crippen molar-refractivity contribution in [3.05, 3.63) is 81.5 Å². The van der Waals surface area contributed by atoms with Gasteiger partial charge in [0.1, 0.15) is 11.6 Å². The molecule has 0 spiro atoms. The summed E-state index contributed by atoms with van der Waals surface area (Å²) < 4.78 is 19.6.